The van der Waals surface area contributed by atoms with E-state index in [-0.39, 0.29) is 11.9 Å². The average molecular weight is 443 g/mol. The summed E-state index contributed by atoms with van der Waals surface area (Å²) in [4.78, 5) is 17.1. The van der Waals surface area contributed by atoms with Crippen molar-refractivity contribution in [2.24, 2.45) is 0 Å². The van der Waals surface area contributed by atoms with Crippen LogP contribution in [0.1, 0.15) is 30.9 Å². The second-order valence-corrected chi connectivity index (χ2v) is 9.01. The predicted octanol–water partition coefficient (Wildman–Crippen LogP) is 3.40. The van der Waals surface area contributed by atoms with Gasteiger partial charge in [0, 0.05) is 63.1 Å². The molecule has 5 nitrogen and oxygen atoms in total. The van der Waals surface area contributed by atoms with Gasteiger partial charge in [0.2, 0.25) is 5.91 Å². The normalized spacial score (nSPS) is 20.3. The van der Waals surface area contributed by atoms with Gasteiger partial charge in [-0.3, -0.25) is 9.69 Å². The minimum absolute atomic E-state index is 0.139. The van der Waals surface area contributed by atoms with E-state index in [1.807, 2.05) is 4.90 Å². The monoisotopic (exact) mass is 442 g/mol. The van der Waals surface area contributed by atoms with Gasteiger partial charge in [0.1, 0.15) is 0 Å². The molecule has 2 saturated heterocycles. The molecular weight excluding hydrogens is 410 g/mol. The van der Waals surface area contributed by atoms with E-state index >= 15 is 0 Å². The molecule has 7 heteroatoms. The van der Waals surface area contributed by atoms with Gasteiger partial charge >= 0.3 is 0 Å². The number of carbonyl (C=O) groups is 1. The zero-order valence-electron chi connectivity index (χ0n) is 18.6. The van der Waals surface area contributed by atoms with E-state index in [4.69, 9.17) is 0 Å². The Morgan fingerprint density at radius 3 is 2.44 bits per heavy atom. The van der Waals surface area contributed by atoms with Gasteiger partial charge in [0.15, 0.2) is 11.6 Å². The van der Waals surface area contributed by atoms with Crippen LogP contribution in [0.3, 0.4) is 0 Å². The van der Waals surface area contributed by atoms with Crippen molar-refractivity contribution in [1.29, 1.82) is 0 Å². The van der Waals surface area contributed by atoms with Crippen LogP contribution in [0.4, 0.5) is 14.5 Å². The Balaban J connectivity index is 1.22. The van der Waals surface area contributed by atoms with Crippen LogP contribution in [0, 0.1) is 11.6 Å². The highest BCUT2D eigenvalue weighted by atomic mass is 19.2. The molecule has 0 unspecified atom stereocenters. The van der Waals surface area contributed by atoms with E-state index in [0.29, 0.717) is 31.2 Å². The van der Waals surface area contributed by atoms with Crippen LogP contribution in [0.5, 0.6) is 0 Å². The van der Waals surface area contributed by atoms with Crippen molar-refractivity contribution in [2.75, 3.05) is 38.0 Å². The SMILES string of the molecule is C[C@@H]1CN(Cc2ccc(CC(=O)N3CCC(Nc4ccc(F)c(F)c4)CC3)cc2)CCN1. The fraction of sp³-hybridized carbons (Fsp3) is 0.480. The Bertz CT molecular complexity index is 913. The van der Waals surface area contributed by atoms with Crippen molar-refractivity contribution in [3.63, 3.8) is 0 Å². The molecule has 1 amide bonds. The smallest absolute Gasteiger partial charge is 0.226 e. The number of nitrogens with zero attached hydrogens (tertiary/aromatic N) is 2. The average Bonchev–Trinajstić information content (AvgIpc) is 2.78. The number of hydrogen-bond acceptors (Lipinski definition) is 4. The van der Waals surface area contributed by atoms with Crippen LogP contribution in [-0.2, 0) is 17.8 Å². The van der Waals surface area contributed by atoms with Gasteiger partial charge < -0.3 is 15.5 Å². The lowest BCUT2D eigenvalue weighted by Gasteiger charge is -2.33. The minimum atomic E-state index is -0.851. The van der Waals surface area contributed by atoms with Gasteiger partial charge in [0.25, 0.3) is 0 Å². The summed E-state index contributed by atoms with van der Waals surface area (Å²) in [7, 11) is 0. The quantitative estimate of drug-likeness (QED) is 0.720. The number of halogens is 2. The van der Waals surface area contributed by atoms with E-state index in [1.54, 1.807) is 6.07 Å². The molecule has 172 valence electrons. The van der Waals surface area contributed by atoms with Gasteiger partial charge in [-0.2, -0.15) is 0 Å². The first-order valence-electron chi connectivity index (χ1n) is 11.5. The number of likely N-dealkylation sites (tertiary alicyclic amines) is 1. The summed E-state index contributed by atoms with van der Waals surface area (Å²) < 4.78 is 26.5. The lowest BCUT2D eigenvalue weighted by Crippen LogP contribution is -2.48. The van der Waals surface area contributed by atoms with Crippen LogP contribution in [0.25, 0.3) is 0 Å². The first-order valence-corrected chi connectivity index (χ1v) is 11.5. The molecule has 0 aromatic heterocycles. The van der Waals surface area contributed by atoms with Crippen molar-refractivity contribution >= 4 is 11.6 Å². The fourth-order valence-electron chi connectivity index (χ4n) is 4.56. The molecule has 1 atom stereocenters. The number of piperidine rings is 1. The van der Waals surface area contributed by atoms with Crippen LogP contribution in [0.15, 0.2) is 42.5 Å². The van der Waals surface area contributed by atoms with Gasteiger partial charge in [0.05, 0.1) is 6.42 Å². The summed E-state index contributed by atoms with van der Waals surface area (Å²) in [5.74, 6) is -1.56. The molecule has 2 fully saturated rings. The molecule has 4 rings (SSSR count). The highest BCUT2D eigenvalue weighted by Crippen LogP contribution is 2.20. The van der Waals surface area contributed by atoms with Crippen molar-refractivity contribution in [3.8, 4) is 0 Å². The number of benzene rings is 2. The molecule has 0 saturated carbocycles. The van der Waals surface area contributed by atoms with Crippen LogP contribution in [0.2, 0.25) is 0 Å². The van der Waals surface area contributed by atoms with Gasteiger partial charge in [-0.05, 0) is 43.0 Å². The Morgan fingerprint density at radius 2 is 1.75 bits per heavy atom. The maximum atomic E-state index is 13.4. The third-order valence-electron chi connectivity index (χ3n) is 6.38. The zero-order valence-corrected chi connectivity index (χ0v) is 18.6. The zero-order chi connectivity index (χ0) is 22.5. The Hall–Kier alpha value is -2.51. The molecule has 0 radical (unpaired) electrons. The van der Waals surface area contributed by atoms with Gasteiger partial charge in [-0.1, -0.05) is 24.3 Å². The summed E-state index contributed by atoms with van der Waals surface area (Å²) in [6.45, 7) is 7.63. The summed E-state index contributed by atoms with van der Waals surface area (Å²) >= 11 is 0. The minimum Gasteiger partial charge on any atom is -0.382 e. The molecule has 2 aliphatic rings. The van der Waals surface area contributed by atoms with Crippen LogP contribution < -0.4 is 10.6 Å². The molecule has 0 bridgehead atoms. The number of amides is 1. The molecule has 0 spiro atoms. The molecule has 2 aromatic carbocycles. The van der Waals surface area contributed by atoms with E-state index in [1.165, 1.54) is 11.6 Å². The molecule has 2 aliphatic heterocycles. The van der Waals surface area contributed by atoms with Crippen LogP contribution >= 0.6 is 0 Å². The van der Waals surface area contributed by atoms with E-state index in [0.717, 1.165) is 50.7 Å². The number of piperazine rings is 1. The third kappa shape index (κ3) is 6.04. The standard InChI is InChI=1S/C25H32F2N4O/c1-18-16-30(13-10-28-18)17-20-4-2-19(3-5-20)14-25(32)31-11-8-21(9-12-31)29-22-6-7-23(26)24(27)15-22/h2-7,15,18,21,28-29H,8-14,16-17H2,1H3/t18-/m1/s1. The summed E-state index contributed by atoms with van der Waals surface area (Å²) in [5, 5.41) is 6.71. The number of carbonyl (C=O) groups excluding carboxylic acids is 1. The first kappa shape index (κ1) is 22.7. The number of nitrogens with one attached hydrogen (secondary N) is 2. The summed E-state index contributed by atoms with van der Waals surface area (Å²) in [6.07, 6.45) is 1.98. The third-order valence-corrected chi connectivity index (χ3v) is 6.38. The van der Waals surface area contributed by atoms with E-state index in [9.17, 15) is 13.6 Å². The second kappa shape index (κ2) is 10.4. The lowest BCUT2D eigenvalue weighted by atomic mass is 10.0. The molecule has 0 aliphatic carbocycles. The number of anilines is 1. The van der Waals surface area contributed by atoms with Crippen molar-refractivity contribution in [2.45, 2.75) is 44.8 Å². The Labute approximate surface area is 188 Å². The molecule has 2 heterocycles. The van der Waals surface area contributed by atoms with E-state index in [2.05, 4.69) is 46.7 Å². The highest BCUT2D eigenvalue weighted by Gasteiger charge is 2.23. The van der Waals surface area contributed by atoms with Crippen molar-refractivity contribution < 1.29 is 13.6 Å². The van der Waals surface area contributed by atoms with Crippen molar-refractivity contribution in [3.05, 3.63) is 65.2 Å². The number of hydrogen-bond donors (Lipinski definition) is 2. The summed E-state index contributed by atoms with van der Waals surface area (Å²) in [6, 6.07) is 12.9. The largest absolute Gasteiger partial charge is 0.382 e. The Morgan fingerprint density at radius 1 is 1.03 bits per heavy atom. The summed E-state index contributed by atoms with van der Waals surface area (Å²) in [5.41, 5.74) is 2.89. The van der Waals surface area contributed by atoms with Gasteiger partial charge in [-0.15, -0.1) is 0 Å². The molecule has 2 aromatic rings. The first-order chi connectivity index (χ1) is 15.5. The van der Waals surface area contributed by atoms with E-state index < -0.39 is 11.6 Å². The topological polar surface area (TPSA) is 47.6 Å². The molecule has 32 heavy (non-hydrogen) atoms. The maximum Gasteiger partial charge on any atom is 0.226 e. The van der Waals surface area contributed by atoms with Crippen molar-refractivity contribution in [1.82, 2.24) is 15.1 Å². The Kier molecular flexibility index (Phi) is 7.37. The fourth-order valence-corrected chi connectivity index (χ4v) is 4.56. The predicted molar refractivity (Wildman–Crippen MR) is 122 cm³/mol. The number of rotatable bonds is 6. The highest BCUT2D eigenvalue weighted by molar-refractivity contribution is 5.78. The molecule has 2 N–H and O–H groups in total. The lowest BCUT2D eigenvalue weighted by molar-refractivity contribution is -0.131. The van der Waals surface area contributed by atoms with Gasteiger partial charge in [-0.25, -0.2) is 8.78 Å². The molecular formula is C25H32F2N4O. The van der Waals surface area contributed by atoms with Crippen LogP contribution in [-0.4, -0.2) is 60.5 Å². The second-order valence-electron chi connectivity index (χ2n) is 9.01. The maximum absolute atomic E-state index is 13.4.